The van der Waals surface area contributed by atoms with Crippen LogP contribution in [0.5, 0.6) is 11.5 Å². The van der Waals surface area contributed by atoms with E-state index in [1.54, 1.807) is 32.0 Å². The summed E-state index contributed by atoms with van der Waals surface area (Å²) in [5, 5.41) is 10.3. The SMILES string of the molecule is COc1cc(OC)cc(-c2nnc(NC(=O)c3ccc(S(=O)(=O)N(C)C(C)C)cc3)o2)c1. The lowest BCUT2D eigenvalue weighted by atomic mass is 10.2. The molecular formula is C21H24N4O6S. The van der Waals surface area contributed by atoms with Crippen LogP contribution in [0.4, 0.5) is 6.01 Å². The van der Waals surface area contributed by atoms with Crippen molar-refractivity contribution in [2.75, 3.05) is 26.6 Å². The second-order valence-electron chi connectivity index (χ2n) is 7.11. The molecule has 3 aromatic rings. The molecule has 1 heterocycles. The van der Waals surface area contributed by atoms with E-state index in [4.69, 9.17) is 13.9 Å². The zero-order chi connectivity index (χ0) is 23.5. The van der Waals surface area contributed by atoms with E-state index in [1.165, 1.54) is 49.8 Å². The molecule has 0 saturated carbocycles. The van der Waals surface area contributed by atoms with E-state index >= 15 is 0 Å². The molecule has 170 valence electrons. The number of anilines is 1. The van der Waals surface area contributed by atoms with E-state index in [-0.39, 0.29) is 28.4 Å². The predicted octanol–water partition coefficient (Wildman–Crippen LogP) is 3.04. The van der Waals surface area contributed by atoms with Gasteiger partial charge in [0.05, 0.1) is 19.1 Å². The van der Waals surface area contributed by atoms with E-state index < -0.39 is 15.9 Å². The van der Waals surface area contributed by atoms with Crippen molar-refractivity contribution >= 4 is 21.9 Å². The maximum Gasteiger partial charge on any atom is 0.322 e. The van der Waals surface area contributed by atoms with Crippen LogP contribution in [-0.2, 0) is 10.0 Å². The van der Waals surface area contributed by atoms with Crippen molar-refractivity contribution in [1.82, 2.24) is 14.5 Å². The second-order valence-corrected chi connectivity index (χ2v) is 9.10. The molecule has 2 aromatic carbocycles. The van der Waals surface area contributed by atoms with Crippen molar-refractivity contribution in [2.24, 2.45) is 0 Å². The van der Waals surface area contributed by atoms with Gasteiger partial charge in [0.25, 0.3) is 5.91 Å². The van der Waals surface area contributed by atoms with Crippen molar-refractivity contribution in [3.05, 3.63) is 48.0 Å². The molecule has 0 saturated heterocycles. The molecule has 0 spiro atoms. The first-order valence-corrected chi connectivity index (χ1v) is 11.1. The smallest absolute Gasteiger partial charge is 0.322 e. The average molecular weight is 461 g/mol. The molecule has 0 aliphatic rings. The third-order valence-corrected chi connectivity index (χ3v) is 6.81. The Morgan fingerprint density at radius 3 is 2.16 bits per heavy atom. The molecule has 0 aliphatic heterocycles. The van der Waals surface area contributed by atoms with Gasteiger partial charge >= 0.3 is 6.01 Å². The highest BCUT2D eigenvalue weighted by Crippen LogP contribution is 2.29. The van der Waals surface area contributed by atoms with Gasteiger partial charge in [-0.2, -0.15) is 4.31 Å². The first kappa shape index (κ1) is 23.2. The average Bonchev–Trinajstić information content (AvgIpc) is 3.26. The van der Waals surface area contributed by atoms with Crippen molar-refractivity contribution in [2.45, 2.75) is 24.8 Å². The molecule has 1 N–H and O–H groups in total. The number of benzene rings is 2. The van der Waals surface area contributed by atoms with E-state index in [9.17, 15) is 13.2 Å². The number of carbonyl (C=O) groups excluding carboxylic acids is 1. The zero-order valence-corrected chi connectivity index (χ0v) is 19.1. The van der Waals surface area contributed by atoms with Gasteiger partial charge in [0.2, 0.25) is 15.9 Å². The summed E-state index contributed by atoms with van der Waals surface area (Å²) in [6.07, 6.45) is 0. The lowest BCUT2D eigenvalue weighted by molar-refractivity contribution is 0.102. The van der Waals surface area contributed by atoms with Crippen LogP contribution in [0.2, 0.25) is 0 Å². The molecular weight excluding hydrogens is 436 g/mol. The molecule has 0 atom stereocenters. The van der Waals surface area contributed by atoms with Crippen molar-refractivity contribution < 1.29 is 27.1 Å². The van der Waals surface area contributed by atoms with Gasteiger partial charge in [0.1, 0.15) is 11.5 Å². The summed E-state index contributed by atoms with van der Waals surface area (Å²) in [4.78, 5) is 12.6. The standard InChI is InChI=1S/C21H24N4O6S/c1-13(2)25(3)32(27,28)18-8-6-14(7-9-18)19(26)22-21-24-23-20(31-21)15-10-16(29-4)12-17(11-15)30-5/h6-13H,1-5H3,(H,22,24,26). The fourth-order valence-electron chi connectivity index (χ4n) is 2.71. The largest absolute Gasteiger partial charge is 0.497 e. The second kappa shape index (κ2) is 9.37. The molecule has 0 unspecified atom stereocenters. The van der Waals surface area contributed by atoms with Crippen molar-refractivity contribution in [1.29, 1.82) is 0 Å². The van der Waals surface area contributed by atoms with Crippen LogP contribution in [0, 0.1) is 0 Å². The Morgan fingerprint density at radius 1 is 1.03 bits per heavy atom. The minimum Gasteiger partial charge on any atom is -0.497 e. The van der Waals surface area contributed by atoms with Gasteiger partial charge < -0.3 is 13.9 Å². The highest BCUT2D eigenvalue weighted by atomic mass is 32.2. The zero-order valence-electron chi connectivity index (χ0n) is 18.3. The van der Waals surface area contributed by atoms with E-state index in [2.05, 4.69) is 15.5 Å². The Morgan fingerprint density at radius 2 is 1.62 bits per heavy atom. The molecule has 3 rings (SSSR count). The summed E-state index contributed by atoms with van der Waals surface area (Å²) in [5.74, 6) is 0.725. The van der Waals surface area contributed by atoms with Crippen molar-refractivity contribution in [3.8, 4) is 23.0 Å². The van der Waals surface area contributed by atoms with E-state index in [1.807, 2.05) is 0 Å². The number of rotatable bonds is 8. The summed E-state index contributed by atoms with van der Waals surface area (Å²) >= 11 is 0. The lowest BCUT2D eigenvalue weighted by Crippen LogP contribution is -2.33. The lowest BCUT2D eigenvalue weighted by Gasteiger charge is -2.20. The first-order chi connectivity index (χ1) is 15.1. The van der Waals surface area contributed by atoms with Crippen LogP contribution in [0.15, 0.2) is 51.8 Å². The number of sulfonamides is 1. The topological polar surface area (TPSA) is 124 Å². The minimum absolute atomic E-state index is 0.0947. The van der Waals surface area contributed by atoms with Gasteiger partial charge in [0.15, 0.2) is 0 Å². The van der Waals surface area contributed by atoms with Crippen LogP contribution in [-0.4, -0.2) is 56.1 Å². The van der Waals surface area contributed by atoms with Gasteiger partial charge in [-0.1, -0.05) is 5.10 Å². The predicted molar refractivity (Wildman–Crippen MR) is 117 cm³/mol. The number of nitrogens with zero attached hydrogens (tertiary/aromatic N) is 3. The van der Waals surface area contributed by atoms with Gasteiger partial charge in [0, 0.05) is 30.3 Å². The Bertz CT molecular complexity index is 1180. The number of methoxy groups -OCH3 is 2. The van der Waals surface area contributed by atoms with E-state index in [0.717, 1.165) is 0 Å². The summed E-state index contributed by atoms with van der Waals surface area (Å²) in [5.41, 5.74) is 0.789. The fraction of sp³-hybridized carbons (Fsp3) is 0.286. The Hall–Kier alpha value is -3.44. The summed E-state index contributed by atoms with van der Waals surface area (Å²) in [7, 11) is 0.914. The molecule has 0 radical (unpaired) electrons. The van der Waals surface area contributed by atoms with Crippen LogP contribution >= 0.6 is 0 Å². The molecule has 1 aromatic heterocycles. The first-order valence-electron chi connectivity index (χ1n) is 9.62. The van der Waals surface area contributed by atoms with Crippen LogP contribution in [0.1, 0.15) is 24.2 Å². The number of hydrogen-bond donors (Lipinski definition) is 1. The summed E-state index contributed by atoms with van der Waals surface area (Å²) < 4.78 is 42.3. The van der Waals surface area contributed by atoms with Crippen LogP contribution < -0.4 is 14.8 Å². The van der Waals surface area contributed by atoms with Crippen LogP contribution in [0.25, 0.3) is 11.5 Å². The maximum absolute atomic E-state index is 12.5. The fourth-order valence-corrected chi connectivity index (χ4v) is 4.08. The molecule has 0 fully saturated rings. The number of ether oxygens (including phenoxy) is 2. The maximum atomic E-state index is 12.5. The van der Waals surface area contributed by atoms with Gasteiger partial charge in [-0.25, -0.2) is 8.42 Å². The number of nitrogens with one attached hydrogen (secondary N) is 1. The van der Waals surface area contributed by atoms with Gasteiger partial charge in [-0.3, -0.25) is 10.1 Å². The summed E-state index contributed by atoms with van der Waals surface area (Å²) in [6, 6.07) is 10.4. The van der Waals surface area contributed by atoms with Gasteiger partial charge in [-0.15, -0.1) is 5.10 Å². The quantitative estimate of drug-likeness (QED) is 0.544. The number of aromatic nitrogens is 2. The molecule has 0 aliphatic carbocycles. The van der Waals surface area contributed by atoms with E-state index in [0.29, 0.717) is 17.1 Å². The Labute approximate surface area is 186 Å². The van der Waals surface area contributed by atoms with Gasteiger partial charge in [-0.05, 0) is 50.2 Å². The third kappa shape index (κ3) is 4.89. The highest BCUT2D eigenvalue weighted by molar-refractivity contribution is 7.89. The molecule has 11 heteroatoms. The number of hydrogen-bond acceptors (Lipinski definition) is 8. The molecule has 32 heavy (non-hydrogen) atoms. The number of carbonyl (C=O) groups is 1. The molecule has 1 amide bonds. The van der Waals surface area contributed by atoms with Crippen molar-refractivity contribution in [3.63, 3.8) is 0 Å². The summed E-state index contributed by atoms with van der Waals surface area (Å²) in [6.45, 7) is 3.55. The molecule has 10 nitrogen and oxygen atoms in total. The Balaban J connectivity index is 1.76. The Kier molecular flexibility index (Phi) is 6.80. The third-order valence-electron chi connectivity index (χ3n) is 4.76. The normalized spacial score (nSPS) is 11.6. The number of amides is 1. The minimum atomic E-state index is -3.64. The van der Waals surface area contributed by atoms with Crippen LogP contribution in [0.3, 0.4) is 0 Å². The highest BCUT2D eigenvalue weighted by Gasteiger charge is 2.23. The monoisotopic (exact) mass is 460 g/mol. The molecule has 0 bridgehead atoms.